The molecule has 1 N–H and O–H groups in total. The van der Waals surface area contributed by atoms with Crippen LogP contribution in [0.15, 0.2) is 6.20 Å². The third-order valence-corrected chi connectivity index (χ3v) is 3.67. The van der Waals surface area contributed by atoms with Gasteiger partial charge in [0.2, 0.25) is 0 Å². The van der Waals surface area contributed by atoms with Crippen LogP contribution >= 0.6 is 23.2 Å². The Morgan fingerprint density at radius 3 is 2.48 bits per heavy atom. The van der Waals surface area contributed by atoms with Gasteiger partial charge in [0, 0.05) is 19.8 Å². The van der Waals surface area contributed by atoms with Crippen molar-refractivity contribution in [1.82, 2.24) is 24.9 Å². The lowest BCUT2D eigenvalue weighted by Gasteiger charge is -2.05. The van der Waals surface area contributed by atoms with E-state index in [-0.39, 0.29) is 12.2 Å². The van der Waals surface area contributed by atoms with Crippen LogP contribution in [0, 0.1) is 0 Å². The topological polar surface area (TPSA) is 64.7 Å². The smallest absolute Gasteiger partial charge is 0.345 e. The van der Waals surface area contributed by atoms with Crippen LogP contribution in [0.2, 0.25) is 10.0 Å². The maximum Gasteiger partial charge on any atom is 0.436 e. The van der Waals surface area contributed by atoms with Gasteiger partial charge in [-0.25, -0.2) is 0 Å². The van der Waals surface area contributed by atoms with Crippen LogP contribution < -0.4 is 5.32 Å². The second-order valence-corrected chi connectivity index (χ2v) is 5.38. The molecule has 0 aromatic carbocycles. The average molecular weight is 370 g/mol. The molecule has 0 fully saturated rings. The van der Waals surface area contributed by atoms with Gasteiger partial charge in [0.1, 0.15) is 16.4 Å². The van der Waals surface area contributed by atoms with E-state index in [0.717, 1.165) is 4.68 Å². The fourth-order valence-electron chi connectivity index (χ4n) is 1.89. The lowest BCUT2D eigenvalue weighted by molar-refractivity contribution is -0.141. The van der Waals surface area contributed by atoms with E-state index in [0.29, 0.717) is 17.3 Å². The van der Waals surface area contributed by atoms with E-state index >= 15 is 0 Å². The van der Waals surface area contributed by atoms with E-state index in [1.54, 1.807) is 10.9 Å². The summed E-state index contributed by atoms with van der Waals surface area (Å²) in [6.45, 7) is 2.41. The standard InChI is InChI=1S/C12H12Cl2F3N5O/c1-3-22-5-6(13)7(19-22)4-18-11(23)9-8(14)10(12(15,16)17)20-21(9)2/h5H,3-4H2,1-2H3,(H,18,23). The molecule has 2 heterocycles. The molecule has 0 radical (unpaired) electrons. The predicted molar refractivity (Wildman–Crippen MR) is 77.3 cm³/mol. The summed E-state index contributed by atoms with van der Waals surface area (Å²) >= 11 is 11.6. The Kier molecular flexibility index (Phi) is 4.90. The van der Waals surface area contributed by atoms with Gasteiger partial charge >= 0.3 is 6.18 Å². The molecule has 0 aliphatic rings. The van der Waals surface area contributed by atoms with Crippen LogP contribution in [-0.2, 0) is 26.3 Å². The molecule has 0 unspecified atom stereocenters. The number of alkyl halides is 3. The summed E-state index contributed by atoms with van der Waals surface area (Å²) in [4.78, 5) is 12.1. The molecule has 1 amide bonds. The first-order valence-corrected chi connectivity index (χ1v) is 7.20. The summed E-state index contributed by atoms with van der Waals surface area (Å²) in [7, 11) is 1.20. The number of carbonyl (C=O) groups is 1. The van der Waals surface area contributed by atoms with Crippen molar-refractivity contribution in [3.05, 3.63) is 33.3 Å². The Hall–Kier alpha value is -1.74. The second-order valence-electron chi connectivity index (χ2n) is 4.59. The SMILES string of the molecule is CCn1cc(Cl)c(CNC(=O)c2c(Cl)c(C(F)(F)F)nn2C)n1. The number of carbonyl (C=O) groups excluding carboxylic acids is 1. The number of amides is 1. The number of aromatic nitrogens is 4. The van der Waals surface area contributed by atoms with E-state index in [1.807, 2.05) is 6.92 Å². The van der Waals surface area contributed by atoms with Gasteiger partial charge in [-0.3, -0.25) is 14.2 Å². The maximum atomic E-state index is 12.7. The van der Waals surface area contributed by atoms with Crippen molar-refractivity contribution >= 4 is 29.1 Å². The van der Waals surface area contributed by atoms with Crippen molar-refractivity contribution in [2.75, 3.05) is 0 Å². The largest absolute Gasteiger partial charge is 0.436 e. The van der Waals surface area contributed by atoms with Crippen molar-refractivity contribution in [2.24, 2.45) is 7.05 Å². The molecular formula is C12H12Cl2F3N5O. The van der Waals surface area contributed by atoms with Crippen LogP contribution in [0.3, 0.4) is 0 Å². The van der Waals surface area contributed by atoms with Crippen molar-refractivity contribution in [1.29, 1.82) is 0 Å². The molecule has 0 aliphatic carbocycles. The molecule has 0 saturated carbocycles. The molecule has 0 saturated heterocycles. The fourth-order valence-corrected chi connectivity index (χ4v) is 2.46. The summed E-state index contributed by atoms with van der Waals surface area (Å²) < 4.78 is 40.5. The molecule has 6 nitrogen and oxygen atoms in total. The van der Waals surface area contributed by atoms with E-state index in [9.17, 15) is 18.0 Å². The van der Waals surface area contributed by atoms with Gasteiger partial charge in [-0.1, -0.05) is 23.2 Å². The van der Waals surface area contributed by atoms with Crippen LogP contribution in [0.5, 0.6) is 0 Å². The van der Waals surface area contributed by atoms with E-state index in [4.69, 9.17) is 23.2 Å². The summed E-state index contributed by atoms with van der Waals surface area (Å²) in [6, 6.07) is 0. The molecule has 2 aromatic rings. The third-order valence-electron chi connectivity index (χ3n) is 3.00. The van der Waals surface area contributed by atoms with Gasteiger partial charge in [-0.2, -0.15) is 23.4 Å². The van der Waals surface area contributed by atoms with Crippen molar-refractivity contribution in [3.63, 3.8) is 0 Å². The monoisotopic (exact) mass is 369 g/mol. The highest BCUT2D eigenvalue weighted by atomic mass is 35.5. The molecular weight excluding hydrogens is 358 g/mol. The molecule has 0 spiro atoms. The molecule has 126 valence electrons. The van der Waals surface area contributed by atoms with E-state index < -0.39 is 22.8 Å². The summed E-state index contributed by atoms with van der Waals surface area (Å²) in [6.07, 6.45) is -3.15. The number of nitrogens with zero attached hydrogens (tertiary/aromatic N) is 4. The Labute approximate surface area is 139 Å². The van der Waals surface area contributed by atoms with Gasteiger partial charge in [0.15, 0.2) is 5.69 Å². The number of hydrogen-bond acceptors (Lipinski definition) is 3. The zero-order valence-corrected chi connectivity index (χ0v) is 13.6. The lowest BCUT2D eigenvalue weighted by atomic mass is 10.3. The van der Waals surface area contributed by atoms with Crippen molar-refractivity contribution < 1.29 is 18.0 Å². The molecule has 23 heavy (non-hydrogen) atoms. The highest BCUT2D eigenvalue weighted by molar-refractivity contribution is 6.34. The predicted octanol–water partition coefficient (Wildman–Crippen LogP) is 2.89. The molecule has 11 heteroatoms. The van der Waals surface area contributed by atoms with Crippen LogP contribution in [0.4, 0.5) is 13.2 Å². The highest BCUT2D eigenvalue weighted by Crippen LogP contribution is 2.35. The van der Waals surface area contributed by atoms with Gasteiger partial charge in [0.25, 0.3) is 5.91 Å². The van der Waals surface area contributed by atoms with E-state index in [2.05, 4.69) is 15.5 Å². The first-order chi connectivity index (χ1) is 10.6. The maximum absolute atomic E-state index is 12.7. The van der Waals surface area contributed by atoms with Gasteiger partial charge in [-0.05, 0) is 6.92 Å². The van der Waals surface area contributed by atoms with Gasteiger partial charge < -0.3 is 5.32 Å². The van der Waals surface area contributed by atoms with Crippen LogP contribution in [0.1, 0.15) is 28.8 Å². The number of nitrogens with one attached hydrogen (secondary N) is 1. The number of hydrogen-bond donors (Lipinski definition) is 1. The first kappa shape index (κ1) is 17.6. The summed E-state index contributed by atoms with van der Waals surface area (Å²) in [5.41, 5.74) is -1.29. The normalized spacial score (nSPS) is 11.8. The van der Waals surface area contributed by atoms with Crippen molar-refractivity contribution in [2.45, 2.75) is 26.2 Å². The average Bonchev–Trinajstić information content (AvgIpc) is 2.96. The second kappa shape index (κ2) is 6.40. The zero-order chi connectivity index (χ0) is 17.4. The number of halogens is 5. The summed E-state index contributed by atoms with van der Waals surface area (Å²) in [5.74, 6) is -0.803. The van der Waals surface area contributed by atoms with Crippen molar-refractivity contribution in [3.8, 4) is 0 Å². The Bertz CT molecular complexity index is 738. The highest BCUT2D eigenvalue weighted by Gasteiger charge is 2.39. The molecule has 0 aliphatic heterocycles. The molecule has 0 atom stereocenters. The quantitative estimate of drug-likeness (QED) is 0.900. The molecule has 2 aromatic heterocycles. The van der Waals surface area contributed by atoms with Crippen LogP contribution in [0.25, 0.3) is 0 Å². The lowest BCUT2D eigenvalue weighted by Crippen LogP contribution is -2.25. The fraction of sp³-hybridized carbons (Fsp3) is 0.417. The summed E-state index contributed by atoms with van der Waals surface area (Å²) in [5, 5.41) is 9.39. The van der Waals surface area contributed by atoms with E-state index in [1.165, 1.54) is 7.05 Å². The molecule has 2 rings (SSSR count). The first-order valence-electron chi connectivity index (χ1n) is 6.44. The van der Waals surface area contributed by atoms with Gasteiger partial charge in [-0.15, -0.1) is 0 Å². The number of aryl methyl sites for hydroxylation is 2. The van der Waals surface area contributed by atoms with Crippen LogP contribution in [-0.4, -0.2) is 25.5 Å². The number of rotatable bonds is 4. The Morgan fingerprint density at radius 1 is 1.35 bits per heavy atom. The minimum absolute atomic E-state index is 0.0481. The minimum atomic E-state index is -4.74. The Morgan fingerprint density at radius 2 is 2.00 bits per heavy atom. The Balaban J connectivity index is 2.18. The molecule has 0 bridgehead atoms. The zero-order valence-electron chi connectivity index (χ0n) is 12.1. The minimum Gasteiger partial charge on any atom is -0.345 e. The van der Waals surface area contributed by atoms with Gasteiger partial charge in [0.05, 0.1) is 11.6 Å². The third kappa shape index (κ3) is 3.61.